The van der Waals surface area contributed by atoms with Crippen LogP contribution in [-0.4, -0.2) is 23.8 Å². The summed E-state index contributed by atoms with van der Waals surface area (Å²) in [5, 5.41) is 14.7. The van der Waals surface area contributed by atoms with Gasteiger partial charge in [-0.15, -0.1) is 0 Å². The predicted octanol–water partition coefficient (Wildman–Crippen LogP) is 1.68. The number of carbonyl (C=O) groups is 1. The molecule has 0 bridgehead atoms. The molecule has 1 aromatic rings. The summed E-state index contributed by atoms with van der Waals surface area (Å²) in [5.41, 5.74) is 0.793. The first-order valence-electron chi connectivity index (χ1n) is 5.32. The number of hydrogen-bond acceptors (Lipinski definition) is 3. The van der Waals surface area contributed by atoms with Gasteiger partial charge in [-0.05, 0) is 19.1 Å². The summed E-state index contributed by atoms with van der Waals surface area (Å²) >= 11 is 1.55. The highest BCUT2D eigenvalue weighted by Gasteiger charge is 2.24. The van der Waals surface area contributed by atoms with Crippen molar-refractivity contribution in [3.05, 3.63) is 40.9 Å². The average Bonchev–Trinajstić information content (AvgIpc) is 2.33. The Morgan fingerprint density at radius 1 is 1.35 bits per heavy atom. The minimum Gasteiger partial charge on any atom is -0.394 e. The molecule has 1 heterocycles. The van der Waals surface area contributed by atoms with Gasteiger partial charge in [0.1, 0.15) is 0 Å². The van der Waals surface area contributed by atoms with Gasteiger partial charge in [0, 0.05) is 15.5 Å². The van der Waals surface area contributed by atoms with E-state index in [-0.39, 0.29) is 18.7 Å². The summed E-state index contributed by atoms with van der Waals surface area (Å²) in [4.78, 5) is 13.3. The molecule has 2 amide bonds. The van der Waals surface area contributed by atoms with Gasteiger partial charge in [0.15, 0.2) is 0 Å². The van der Waals surface area contributed by atoms with Crippen LogP contribution in [-0.2, 0) is 0 Å². The van der Waals surface area contributed by atoms with Crippen molar-refractivity contribution < 1.29 is 9.90 Å². The van der Waals surface area contributed by atoms with Gasteiger partial charge in [0.2, 0.25) is 0 Å². The molecule has 0 saturated carbocycles. The largest absolute Gasteiger partial charge is 0.394 e. The third-order valence-electron chi connectivity index (χ3n) is 2.45. The highest BCUT2D eigenvalue weighted by atomic mass is 32.2. The van der Waals surface area contributed by atoms with Crippen molar-refractivity contribution in [2.45, 2.75) is 17.9 Å². The zero-order chi connectivity index (χ0) is 12.3. The van der Waals surface area contributed by atoms with Crippen molar-refractivity contribution in [3.8, 4) is 0 Å². The Hall–Kier alpha value is -1.46. The molecule has 1 atom stereocenters. The summed E-state index contributed by atoms with van der Waals surface area (Å²) in [7, 11) is 0. The summed E-state index contributed by atoms with van der Waals surface area (Å²) in [6.45, 7) is 1.74. The van der Waals surface area contributed by atoms with Gasteiger partial charge >= 0.3 is 6.03 Å². The van der Waals surface area contributed by atoms with E-state index in [1.165, 1.54) is 0 Å². The maximum Gasteiger partial charge on any atom is 0.319 e. The molecule has 1 aliphatic heterocycles. The second kappa shape index (κ2) is 5.25. The summed E-state index contributed by atoms with van der Waals surface area (Å²) in [5.74, 6) is 0. The molecule has 17 heavy (non-hydrogen) atoms. The minimum absolute atomic E-state index is 0.0973. The molecule has 0 saturated heterocycles. The molecule has 0 fully saturated rings. The number of benzene rings is 1. The number of rotatable bonds is 3. The van der Waals surface area contributed by atoms with E-state index < -0.39 is 0 Å². The molecule has 0 spiro atoms. The van der Waals surface area contributed by atoms with Gasteiger partial charge in [0.25, 0.3) is 0 Å². The first-order valence-corrected chi connectivity index (χ1v) is 6.14. The van der Waals surface area contributed by atoms with Gasteiger partial charge in [-0.1, -0.05) is 30.0 Å². The lowest BCUT2D eigenvalue weighted by Gasteiger charge is -2.27. The van der Waals surface area contributed by atoms with Crippen molar-refractivity contribution >= 4 is 17.8 Å². The predicted molar refractivity (Wildman–Crippen MR) is 67.5 cm³/mol. The van der Waals surface area contributed by atoms with E-state index in [9.17, 15) is 9.90 Å². The minimum atomic E-state index is -0.325. The lowest BCUT2D eigenvalue weighted by atomic mass is 10.2. The topological polar surface area (TPSA) is 61.4 Å². The molecule has 2 rings (SSSR count). The molecule has 0 aliphatic carbocycles. The van der Waals surface area contributed by atoms with Gasteiger partial charge in [-0.2, -0.15) is 0 Å². The fourth-order valence-corrected chi connectivity index (χ4v) is 2.67. The van der Waals surface area contributed by atoms with Crippen LogP contribution >= 0.6 is 11.8 Å². The van der Waals surface area contributed by atoms with Gasteiger partial charge in [-0.25, -0.2) is 4.79 Å². The van der Waals surface area contributed by atoms with Gasteiger partial charge in [-0.3, -0.25) is 0 Å². The van der Waals surface area contributed by atoms with Crippen molar-refractivity contribution in [1.29, 1.82) is 0 Å². The smallest absolute Gasteiger partial charge is 0.319 e. The second-order valence-electron chi connectivity index (χ2n) is 3.74. The van der Waals surface area contributed by atoms with Crippen LogP contribution in [0.4, 0.5) is 4.79 Å². The van der Waals surface area contributed by atoms with E-state index in [0.29, 0.717) is 0 Å². The first-order chi connectivity index (χ1) is 8.20. The zero-order valence-electron chi connectivity index (χ0n) is 9.43. The fourth-order valence-electron chi connectivity index (χ4n) is 1.64. The highest BCUT2D eigenvalue weighted by molar-refractivity contribution is 8.03. The number of thioether (sulfide) groups is 1. The van der Waals surface area contributed by atoms with E-state index in [0.717, 1.165) is 15.5 Å². The number of hydrogen-bond donors (Lipinski definition) is 3. The molecule has 0 radical (unpaired) electrons. The number of amides is 2. The third-order valence-corrected chi connectivity index (χ3v) is 3.76. The number of aliphatic hydroxyl groups excluding tert-OH is 1. The van der Waals surface area contributed by atoms with Crippen molar-refractivity contribution in [1.82, 2.24) is 10.6 Å². The zero-order valence-corrected chi connectivity index (χ0v) is 10.3. The summed E-state index contributed by atoms with van der Waals surface area (Å²) < 4.78 is 0. The van der Waals surface area contributed by atoms with Crippen LogP contribution in [0.3, 0.4) is 0 Å². The molecule has 90 valence electrons. The Morgan fingerprint density at radius 2 is 2.06 bits per heavy atom. The molecule has 1 aliphatic rings. The number of urea groups is 1. The molecule has 4 nitrogen and oxygen atoms in total. The van der Waals surface area contributed by atoms with Crippen LogP contribution in [0.1, 0.15) is 6.92 Å². The van der Waals surface area contributed by atoms with Crippen LogP contribution in [0.5, 0.6) is 0 Å². The molecule has 0 aromatic heterocycles. The van der Waals surface area contributed by atoms with Crippen LogP contribution in [0.25, 0.3) is 0 Å². The van der Waals surface area contributed by atoms with Crippen LogP contribution in [0.15, 0.2) is 45.8 Å². The van der Waals surface area contributed by atoms with Crippen molar-refractivity contribution in [2.24, 2.45) is 0 Å². The van der Waals surface area contributed by atoms with Crippen LogP contribution < -0.4 is 10.6 Å². The standard InChI is InChI=1S/C12H14N2O2S/c1-8-11(10(7-15)14-12(16)13-8)17-9-5-3-2-4-6-9/h2-6,10,15H,7H2,1H3,(H2,13,14,16)/t10-/m0/s1. The van der Waals surface area contributed by atoms with E-state index in [1.54, 1.807) is 11.8 Å². The van der Waals surface area contributed by atoms with E-state index in [2.05, 4.69) is 10.6 Å². The molecule has 0 unspecified atom stereocenters. The molecular weight excluding hydrogens is 236 g/mol. The number of carbonyl (C=O) groups excluding carboxylic acids is 1. The normalized spacial score (nSPS) is 19.9. The Balaban J connectivity index is 2.23. The summed E-state index contributed by atoms with van der Waals surface area (Å²) in [6.07, 6.45) is 0. The SMILES string of the molecule is CC1=C(Sc2ccccc2)[C@H](CO)NC(=O)N1. The maximum atomic E-state index is 11.3. The lowest BCUT2D eigenvalue weighted by Crippen LogP contribution is -2.49. The molecule has 3 N–H and O–H groups in total. The fraction of sp³-hybridized carbons (Fsp3) is 0.250. The highest BCUT2D eigenvalue weighted by Crippen LogP contribution is 2.31. The Morgan fingerprint density at radius 3 is 2.71 bits per heavy atom. The van der Waals surface area contributed by atoms with E-state index in [4.69, 9.17) is 0 Å². The van der Waals surface area contributed by atoms with Crippen molar-refractivity contribution in [3.63, 3.8) is 0 Å². The summed E-state index contributed by atoms with van der Waals surface area (Å²) in [6, 6.07) is 9.27. The number of nitrogens with one attached hydrogen (secondary N) is 2. The van der Waals surface area contributed by atoms with Crippen LogP contribution in [0, 0.1) is 0 Å². The van der Waals surface area contributed by atoms with Crippen LogP contribution in [0.2, 0.25) is 0 Å². The Bertz CT molecular complexity index is 445. The number of aliphatic hydroxyl groups is 1. The Kier molecular flexibility index (Phi) is 3.71. The average molecular weight is 250 g/mol. The molecule has 1 aromatic carbocycles. The van der Waals surface area contributed by atoms with E-state index >= 15 is 0 Å². The quantitative estimate of drug-likeness (QED) is 0.765. The first kappa shape index (κ1) is 12.0. The van der Waals surface area contributed by atoms with Gasteiger partial charge < -0.3 is 15.7 Å². The monoisotopic (exact) mass is 250 g/mol. The van der Waals surface area contributed by atoms with E-state index in [1.807, 2.05) is 37.3 Å². The molecular formula is C12H14N2O2S. The lowest BCUT2D eigenvalue weighted by molar-refractivity contribution is 0.223. The third kappa shape index (κ3) is 2.81. The second-order valence-corrected chi connectivity index (χ2v) is 4.85. The van der Waals surface area contributed by atoms with Crippen molar-refractivity contribution in [2.75, 3.05) is 6.61 Å². The van der Waals surface area contributed by atoms with Gasteiger partial charge in [0.05, 0.1) is 12.6 Å². The molecule has 5 heteroatoms. The number of allylic oxidation sites excluding steroid dienone is 1. The Labute approximate surface area is 104 Å². The maximum absolute atomic E-state index is 11.3.